The third-order valence-corrected chi connectivity index (χ3v) is 7.07. The third-order valence-electron chi connectivity index (χ3n) is 6.24. The van der Waals surface area contributed by atoms with Crippen LogP contribution >= 0.6 is 8.25 Å². The zero-order valence-corrected chi connectivity index (χ0v) is 28.4. The smallest absolute Gasteiger partial charge is 0.295 e. The molecule has 0 aliphatic carbocycles. The summed E-state index contributed by atoms with van der Waals surface area (Å²) in [7, 11) is -4.03. The summed E-state index contributed by atoms with van der Waals surface area (Å²) in [6, 6.07) is 0. The van der Waals surface area contributed by atoms with E-state index in [9.17, 15) is 31.7 Å². The van der Waals surface area contributed by atoms with Crippen LogP contribution < -0.4 is 0 Å². The summed E-state index contributed by atoms with van der Waals surface area (Å²) in [5.74, 6) is -2.03. The normalized spacial score (nSPS) is 14.0. The SMILES string of the molecule is CC(C)=CCCC(C)=CCCC(C)=CC(=O)CC(F)(F)O[P+](=O)OC(F)(F)CC(=O)C=C(C)CCC=C(C)CCC=C(C)C. The first-order chi connectivity index (χ1) is 20.3. The van der Waals surface area contributed by atoms with E-state index in [1.165, 1.54) is 22.3 Å². The molecule has 0 aliphatic heterocycles. The van der Waals surface area contributed by atoms with Gasteiger partial charge in [0.15, 0.2) is 11.6 Å². The van der Waals surface area contributed by atoms with Gasteiger partial charge in [0.2, 0.25) is 0 Å². The topological polar surface area (TPSA) is 69.7 Å². The molecule has 0 rings (SSSR count). The third kappa shape index (κ3) is 23.9. The largest absolute Gasteiger partial charge is 0.710 e. The fourth-order valence-electron chi connectivity index (χ4n) is 3.98. The second-order valence-electron chi connectivity index (χ2n) is 11.8. The number of carbonyl (C=O) groups excluding carboxylic acids is 2. The van der Waals surface area contributed by atoms with Crippen LogP contribution in [0.3, 0.4) is 0 Å². The van der Waals surface area contributed by atoms with Crippen LogP contribution in [0.25, 0.3) is 0 Å². The van der Waals surface area contributed by atoms with Gasteiger partial charge in [-0.05, 0) is 128 Å². The van der Waals surface area contributed by atoms with E-state index in [0.29, 0.717) is 36.8 Å². The lowest BCUT2D eigenvalue weighted by atomic mass is 10.1. The minimum absolute atomic E-state index is 0.469. The molecule has 0 aromatic rings. The van der Waals surface area contributed by atoms with Gasteiger partial charge in [-0.1, -0.05) is 57.7 Å². The van der Waals surface area contributed by atoms with Gasteiger partial charge in [0.05, 0.1) is 0 Å². The molecular weight excluding hydrogens is 595 g/mol. The number of allylic oxidation sites excluding steroid dienone is 12. The highest BCUT2D eigenvalue weighted by Gasteiger charge is 2.51. The molecule has 44 heavy (non-hydrogen) atoms. The molecule has 0 unspecified atom stereocenters. The Morgan fingerprint density at radius 1 is 0.545 bits per heavy atom. The predicted octanol–water partition coefficient (Wildman–Crippen LogP) is 11.6. The maximum Gasteiger partial charge on any atom is 0.710 e. The van der Waals surface area contributed by atoms with Crippen molar-refractivity contribution in [2.24, 2.45) is 0 Å². The summed E-state index contributed by atoms with van der Waals surface area (Å²) >= 11 is 0. The van der Waals surface area contributed by atoms with E-state index in [-0.39, 0.29) is 0 Å². The predicted molar refractivity (Wildman–Crippen MR) is 170 cm³/mol. The number of hydrogen-bond donors (Lipinski definition) is 0. The van der Waals surface area contributed by atoms with Crippen molar-refractivity contribution in [3.05, 3.63) is 69.9 Å². The Kier molecular flexibility index (Phi) is 20.1. The second kappa shape index (κ2) is 21.3. The molecule has 5 nitrogen and oxygen atoms in total. The molecule has 10 heteroatoms. The minimum atomic E-state index is -4.31. The number of carbonyl (C=O) groups is 2. The first-order valence-electron chi connectivity index (χ1n) is 14.9. The Bertz CT molecular complexity index is 1060. The molecule has 0 atom stereocenters. The van der Waals surface area contributed by atoms with E-state index < -0.39 is 44.9 Å². The first-order valence-corrected chi connectivity index (χ1v) is 16.0. The summed E-state index contributed by atoms with van der Waals surface area (Å²) in [6.45, 7) is 15.3. The number of rotatable bonds is 22. The van der Waals surface area contributed by atoms with E-state index in [4.69, 9.17) is 0 Å². The van der Waals surface area contributed by atoms with Gasteiger partial charge in [-0.25, -0.2) is 0 Å². The molecule has 248 valence electrons. The minimum Gasteiger partial charge on any atom is -0.295 e. The van der Waals surface area contributed by atoms with E-state index in [1.807, 2.05) is 53.7 Å². The molecule has 0 fully saturated rings. The molecule has 0 saturated heterocycles. The molecule has 0 aromatic carbocycles. The van der Waals surface area contributed by atoms with Crippen LogP contribution in [-0.2, 0) is 23.2 Å². The quantitative estimate of drug-likeness (QED) is 0.0507. The molecule has 0 saturated carbocycles. The van der Waals surface area contributed by atoms with Crippen molar-refractivity contribution in [2.45, 2.75) is 132 Å². The standard InChI is InChI=1S/C34H50F4O5P/c1-25(2)13-9-15-27(5)17-11-19-29(7)21-31(39)23-33(35,36)42-44(41)43-34(37,38)24-32(40)22-30(8)20-12-18-28(6)16-10-14-26(3)4/h13-14,17-18,21-22H,9-12,15-16,19-20,23-24H2,1-8H3/q+1. The Morgan fingerprint density at radius 2 is 0.841 bits per heavy atom. The molecule has 0 radical (unpaired) electrons. The van der Waals surface area contributed by atoms with Crippen molar-refractivity contribution in [2.75, 3.05) is 0 Å². The Morgan fingerprint density at radius 3 is 1.16 bits per heavy atom. The molecule has 0 spiro atoms. The van der Waals surface area contributed by atoms with Crippen LogP contribution in [-0.4, -0.2) is 23.8 Å². The fourth-order valence-corrected chi connectivity index (χ4v) is 4.58. The van der Waals surface area contributed by atoms with Crippen LogP contribution in [0.1, 0.15) is 120 Å². The van der Waals surface area contributed by atoms with Gasteiger partial charge in [-0.3, -0.25) is 9.59 Å². The van der Waals surface area contributed by atoms with E-state index in [0.717, 1.165) is 37.8 Å². The maximum absolute atomic E-state index is 14.1. The highest BCUT2D eigenvalue weighted by Crippen LogP contribution is 2.41. The zero-order valence-electron chi connectivity index (χ0n) is 27.5. The van der Waals surface area contributed by atoms with Gasteiger partial charge in [0.25, 0.3) is 0 Å². The molecule has 0 heterocycles. The van der Waals surface area contributed by atoms with Gasteiger partial charge in [0, 0.05) is 4.57 Å². The number of ketones is 2. The average Bonchev–Trinajstić information content (AvgIpc) is 2.81. The zero-order chi connectivity index (χ0) is 33.9. The summed E-state index contributed by atoms with van der Waals surface area (Å²) in [5.41, 5.74) is 5.95. The number of halogens is 4. The number of alkyl halides is 4. The van der Waals surface area contributed by atoms with Gasteiger partial charge < -0.3 is 0 Å². The fraction of sp³-hybridized carbons (Fsp3) is 0.588. The van der Waals surface area contributed by atoms with Crippen molar-refractivity contribution < 1.29 is 40.8 Å². The second-order valence-corrected chi connectivity index (χ2v) is 12.6. The average molecular weight is 646 g/mol. The van der Waals surface area contributed by atoms with Crippen molar-refractivity contribution in [3.63, 3.8) is 0 Å². The van der Waals surface area contributed by atoms with E-state index in [1.54, 1.807) is 13.8 Å². The van der Waals surface area contributed by atoms with Gasteiger partial charge in [0.1, 0.15) is 12.8 Å². The Labute approximate surface area is 262 Å². The van der Waals surface area contributed by atoms with Crippen LogP contribution in [0.2, 0.25) is 0 Å². The van der Waals surface area contributed by atoms with Crippen LogP contribution in [0.15, 0.2) is 69.9 Å². The summed E-state index contributed by atoms with van der Waals surface area (Å²) in [5, 5.41) is 0. The van der Waals surface area contributed by atoms with Gasteiger partial charge >= 0.3 is 20.5 Å². The Hall–Kier alpha value is -2.48. The highest BCUT2D eigenvalue weighted by molar-refractivity contribution is 7.33. The van der Waals surface area contributed by atoms with Crippen molar-refractivity contribution in [1.82, 2.24) is 0 Å². The van der Waals surface area contributed by atoms with Crippen molar-refractivity contribution in [3.8, 4) is 0 Å². The van der Waals surface area contributed by atoms with Crippen molar-refractivity contribution >= 4 is 19.8 Å². The molecule has 0 N–H and O–H groups in total. The van der Waals surface area contributed by atoms with Crippen molar-refractivity contribution in [1.29, 1.82) is 0 Å². The number of hydrogen-bond acceptors (Lipinski definition) is 5. The van der Waals surface area contributed by atoms with Crippen LogP contribution in [0, 0.1) is 0 Å². The maximum atomic E-state index is 14.1. The molecule has 0 aliphatic rings. The van der Waals surface area contributed by atoms with Crippen LogP contribution in [0.4, 0.5) is 17.6 Å². The van der Waals surface area contributed by atoms with Gasteiger partial charge in [-0.2, -0.15) is 17.6 Å². The van der Waals surface area contributed by atoms with E-state index in [2.05, 4.69) is 21.2 Å². The summed E-state index contributed by atoms with van der Waals surface area (Å²) < 4.78 is 75.9. The monoisotopic (exact) mass is 645 g/mol. The lowest BCUT2D eigenvalue weighted by Gasteiger charge is -2.10. The summed E-state index contributed by atoms with van der Waals surface area (Å²) in [4.78, 5) is 24.1. The highest BCUT2D eigenvalue weighted by atomic mass is 31.1. The molecule has 0 bridgehead atoms. The summed E-state index contributed by atoms with van der Waals surface area (Å²) in [6.07, 6.45) is 4.60. The van der Waals surface area contributed by atoms with E-state index >= 15 is 0 Å². The molecule has 0 aromatic heterocycles. The first kappa shape index (κ1) is 41.5. The molecular formula is C34H50F4O5P+. The van der Waals surface area contributed by atoms with Gasteiger partial charge in [-0.15, -0.1) is 0 Å². The lowest BCUT2D eigenvalue weighted by Crippen LogP contribution is -2.25. The Balaban J connectivity index is 4.76. The lowest BCUT2D eigenvalue weighted by molar-refractivity contribution is -0.211. The molecule has 0 amide bonds. The van der Waals surface area contributed by atoms with Crippen LogP contribution in [0.5, 0.6) is 0 Å².